The van der Waals surface area contributed by atoms with E-state index in [9.17, 15) is 13.2 Å². The van der Waals surface area contributed by atoms with Crippen LogP contribution in [0.15, 0.2) is 121 Å². The maximum atomic E-state index is 14.0. The summed E-state index contributed by atoms with van der Waals surface area (Å²) in [4.78, 5) is 4.61. The van der Waals surface area contributed by atoms with Gasteiger partial charge in [0.25, 0.3) is 0 Å². The average molecular weight is 711 g/mol. The molecule has 0 aliphatic heterocycles. The average Bonchev–Trinajstić information content (AvgIpc) is 3.49. The van der Waals surface area contributed by atoms with Crippen LogP contribution in [0.3, 0.4) is 0 Å². The number of nitrogens with zero attached hydrogens (tertiary/aromatic N) is 2. The largest absolute Gasteiger partial charge is 0.417 e. The van der Waals surface area contributed by atoms with Gasteiger partial charge in [-0.2, -0.15) is 13.2 Å². The van der Waals surface area contributed by atoms with E-state index in [1.165, 1.54) is 44.3 Å². The number of halogens is 3. The molecule has 54 heavy (non-hydrogen) atoms. The van der Waals surface area contributed by atoms with E-state index in [0.29, 0.717) is 5.69 Å². The highest BCUT2D eigenvalue weighted by atomic mass is 19.4. The van der Waals surface area contributed by atoms with Crippen molar-refractivity contribution in [1.82, 2.24) is 9.38 Å². The number of benzene rings is 5. The van der Waals surface area contributed by atoms with Crippen LogP contribution in [0.2, 0.25) is 0 Å². The van der Waals surface area contributed by atoms with Crippen LogP contribution in [0.25, 0.3) is 60.5 Å². The van der Waals surface area contributed by atoms with Crippen LogP contribution in [0.4, 0.5) is 13.2 Å². The zero-order valence-corrected chi connectivity index (χ0v) is 31.2. The molecule has 264 valence electrons. The Hall–Kier alpha value is -5.88. The normalized spacial score (nSPS) is 12.2. The molecule has 5 aromatic carbocycles. The molecule has 9 aromatic rings. The third-order valence-electron chi connectivity index (χ3n) is 11.3. The highest BCUT2D eigenvalue weighted by Crippen LogP contribution is 2.47. The third kappa shape index (κ3) is 5.14. The zero-order valence-electron chi connectivity index (χ0n) is 31.2. The number of alkyl halides is 3. The van der Waals surface area contributed by atoms with Gasteiger partial charge in [-0.1, -0.05) is 147 Å². The van der Waals surface area contributed by atoms with Crippen molar-refractivity contribution in [2.75, 3.05) is 0 Å². The Morgan fingerprint density at radius 1 is 0.556 bits per heavy atom. The van der Waals surface area contributed by atoms with E-state index in [0.717, 1.165) is 72.5 Å². The molecule has 0 aliphatic carbocycles. The molecule has 0 radical (unpaired) electrons. The summed E-state index contributed by atoms with van der Waals surface area (Å²) in [5.74, 6) is 0. The van der Waals surface area contributed by atoms with Gasteiger partial charge in [0.05, 0.1) is 27.8 Å². The van der Waals surface area contributed by atoms with Gasteiger partial charge in [-0.25, -0.2) is 0 Å². The minimum Gasteiger partial charge on any atom is -0.307 e. The van der Waals surface area contributed by atoms with Crippen LogP contribution >= 0.6 is 0 Å². The predicted molar refractivity (Wildman–Crippen MR) is 221 cm³/mol. The monoisotopic (exact) mass is 710 g/mol. The second-order valence-corrected chi connectivity index (χ2v) is 15.0. The lowest BCUT2D eigenvalue weighted by molar-refractivity contribution is -0.137. The van der Waals surface area contributed by atoms with Crippen molar-refractivity contribution in [3.05, 3.63) is 160 Å². The molecule has 0 fully saturated rings. The molecule has 4 aromatic heterocycles. The SMILES string of the molecule is Cc1cc(C)c(B(c2ccccc2-c2c(-c3ccc(C(F)(F)F)cn3)c3c4ccccc4c4cccc5ccc2n3c54)c2c(C)cc(C)cc2C)c(C)c1. The first-order valence-electron chi connectivity index (χ1n) is 18.4. The summed E-state index contributed by atoms with van der Waals surface area (Å²) in [6, 6.07) is 39.5. The Morgan fingerprint density at radius 2 is 1.13 bits per heavy atom. The minimum atomic E-state index is -4.50. The molecular formula is C48H38BF3N2. The van der Waals surface area contributed by atoms with Crippen LogP contribution in [0, 0.1) is 41.5 Å². The van der Waals surface area contributed by atoms with Crippen LogP contribution in [-0.4, -0.2) is 16.1 Å². The van der Waals surface area contributed by atoms with Gasteiger partial charge in [-0.05, 0) is 76.1 Å². The Bertz CT molecular complexity index is 2830. The summed E-state index contributed by atoms with van der Waals surface area (Å²) < 4.78 is 44.2. The van der Waals surface area contributed by atoms with Crippen LogP contribution in [0.5, 0.6) is 0 Å². The molecule has 2 nitrogen and oxygen atoms in total. The number of aromatic nitrogens is 2. The lowest BCUT2D eigenvalue weighted by Crippen LogP contribution is -2.56. The van der Waals surface area contributed by atoms with E-state index < -0.39 is 11.7 Å². The molecule has 0 saturated heterocycles. The first-order chi connectivity index (χ1) is 25.9. The van der Waals surface area contributed by atoms with E-state index in [1.54, 1.807) is 6.07 Å². The van der Waals surface area contributed by atoms with Gasteiger partial charge < -0.3 is 4.40 Å². The second kappa shape index (κ2) is 12.3. The highest BCUT2D eigenvalue weighted by Gasteiger charge is 2.34. The second-order valence-electron chi connectivity index (χ2n) is 15.0. The first-order valence-corrected chi connectivity index (χ1v) is 18.4. The van der Waals surface area contributed by atoms with Crippen molar-refractivity contribution in [3.8, 4) is 22.4 Å². The molecular weight excluding hydrogens is 672 g/mol. The molecule has 0 amide bonds. The molecule has 0 bridgehead atoms. The predicted octanol–water partition coefficient (Wildman–Crippen LogP) is 11.0. The topological polar surface area (TPSA) is 17.3 Å². The summed E-state index contributed by atoms with van der Waals surface area (Å²) >= 11 is 0. The summed E-state index contributed by atoms with van der Waals surface area (Å²) in [6.45, 7) is 13.0. The number of rotatable bonds is 5. The Labute approximate surface area is 313 Å². The van der Waals surface area contributed by atoms with Crippen molar-refractivity contribution in [2.24, 2.45) is 0 Å². The van der Waals surface area contributed by atoms with Gasteiger partial charge in [-0.3, -0.25) is 4.98 Å². The third-order valence-corrected chi connectivity index (χ3v) is 11.3. The van der Waals surface area contributed by atoms with E-state index in [1.807, 2.05) is 12.1 Å². The molecule has 0 spiro atoms. The van der Waals surface area contributed by atoms with Gasteiger partial charge in [0.1, 0.15) is 0 Å². The molecule has 4 heterocycles. The molecule has 0 N–H and O–H groups in total. The van der Waals surface area contributed by atoms with Crippen LogP contribution in [0.1, 0.15) is 38.9 Å². The maximum absolute atomic E-state index is 14.0. The molecule has 0 unspecified atom stereocenters. The van der Waals surface area contributed by atoms with Crippen molar-refractivity contribution >= 4 is 61.2 Å². The number of aryl methyl sites for hydroxylation is 6. The minimum absolute atomic E-state index is 0.123. The fraction of sp³-hybridized carbons (Fsp3) is 0.146. The van der Waals surface area contributed by atoms with Gasteiger partial charge >= 0.3 is 6.18 Å². The van der Waals surface area contributed by atoms with Crippen molar-refractivity contribution < 1.29 is 13.2 Å². The molecule has 0 atom stereocenters. The first kappa shape index (κ1) is 33.9. The summed E-state index contributed by atoms with van der Waals surface area (Å²) in [5.41, 5.74) is 16.5. The molecule has 6 heteroatoms. The van der Waals surface area contributed by atoms with E-state index in [2.05, 4.69) is 142 Å². The lowest BCUT2D eigenvalue weighted by Gasteiger charge is -2.26. The summed E-state index contributed by atoms with van der Waals surface area (Å²) in [6.07, 6.45) is -3.53. The van der Waals surface area contributed by atoms with Gasteiger partial charge in [0.15, 0.2) is 0 Å². The fourth-order valence-electron chi connectivity index (χ4n) is 9.45. The van der Waals surface area contributed by atoms with Crippen molar-refractivity contribution in [3.63, 3.8) is 0 Å². The Kier molecular flexibility index (Phi) is 7.76. The zero-order chi connectivity index (χ0) is 37.6. The van der Waals surface area contributed by atoms with E-state index in [4.69, 9.17) is 0 Å². The van der Waals surface area contributed by atoms with Gasteiger partial charge in [0.2, 0.25) is 6.71 Å². The Balaban J connectivity index is 1.47. The molecule has 9 rings (SSSR count). The lowest BCUT2D eigenvalue weighted by atomic mass is 9.33. The van der Waals surface area contributed by atoms with E-state index >= 15 is 0 Å². The molecule has 0 saturated carbocycles. The Morgan fingerprint density at radius 3 is 1.74 bits per heavy atom. The number of para-hydroxylation sites is 1. The summed E-state index contributed by atoms with van der Waals surface area (Å²) in [5, 5.41) is 4.32. The van der Waals surface area contributed by atoms with Crippen molar-refractivity contribution in [2.45, 2.75) is 47.7 Å². The molecule has 0 aliphatic rings. The number of pyridine rings is 3. The summed E-state index contributed by atoms with van der Waals surface area (Å²) in [7, 11) is 0. The van der Waals surface area contributed by atoms with Gasteiger partial charge in [0, 0.05) is 28.1 Å². The van der Waals surface area contributed by atoms with Crippen LogP contribution in [-0.2, 0) is 6.18 Å². The number of hydrogen-bond donors (Lipinski definition) is 0. The number of hydrogen-bond acceptors (Lipinski definition) is 1. The maximum Gasteiger partial charge on any atom is 0.417 e. The number of fused-ring (bicyclic) bond motifs is 3. The van der Waals surface area contributed by atoms with E-state index in [-0.39, 0.29) is 6.71 Å². The van der Waals surface area contributed by atoms with Crippen molar-refractivity contribution in [1.29, 1.82) is 0 Å². The highest BCUT2D eigenvalue weighted by molar-refractivity contribution is 6.97. The van der Waals surface area contributed by atoms with Gasteiger partial charge in [-0.15, -0.1) is 0 Å². The quantitative estimate of drug-likeness (QED) is 0.0988. The van der Waals surface area contributed by atoms with Crippen LogP contribution < -0.4 is 16.4 Å². The fourth-order valence-corrected chi connectivity index (χ4v) is 9.45. The smallest absolute Gasteiger partial charge is 0.307 e. The standard InChI is InChI=1S/C48H38BF3N2/c1-27-22-29(3)44(30(4)23-27)49(45-31(5)24-28(2)25-32(45)6)39-17-10-9-15-38(39)42-41-21-18-33-12-11-16-36-35-13-7-8-14-37(35)47(54(41)46(33)36)43(42)40-20-19-34(26-53-40)48(50,51)52/h7-26H,1-6H3.